The first-order chi connectivity index (χ1) is 11.5. The van der Waals surface area contributed by atoms with Crippen LogP contribution in [0.25, 0.3) is 10.9 Å². The van der Waals surface area contributed by atoms with Gasteiger partial charge in [-0.25, -0.2) is 0 Å². The van der Waals surface area contributed by atoms with Crippen LogP contribution in [-0.2, 0) is 17.8 Å². The van der Waals surface area contributed by atoms with Gasteiger partial charge in [-0.3, -0.25) is 15.1 Å². The van der Waals surface area contributed by atoms with Gasteiger partial charge >= 0.3 is 5.97 Å². The smallest absolute Gasteiger partial charge is 0.321 e. The lowest BCUT2D eigenvalue weighted by atomic mass is 10.0. The number of nitrogens with zero attached hydrogens (tertiary/aromatic N) is 1. The Bertz CT molecular complexity index is 870. The van der Waals surface area contributed by atoms with Gasteiger partial charge in [0.15, 0.2) is 0 Å². The molecule has 2 heterocycles. The number of rotatable bonds is 6. The highest BCUT2D eigenvalue weighted by atomic mass is 16.4. The molecular weight excluding hydrogens is 302 g/mol. The third-order valence-electron chi connectivity index (χ3n) is 4.21. The largest absolute Gasteiger partial charge is 0.480 e. The summed E-state index contributed by atoms with van der Waals surface area (Å²) in [7, 11) is 0. The van der Waals surface area contributed by atoms with Gasteiger partial charge < -0.3 is 10.1 Å². The van der Waals surface area contributed by atoms with E-state index in [0.717, 1.165) is 33.4 Å². The van der Waals surface area contributed by atoms with Gasteiger partial charge in [-0.05, 0) is 37.1 Å². The van der Waals surface area contributed by atoms with Crippen LogP contribution in [-0.4, -0.2) is 27.1 Å². The number of aryl methyl sites for hydroxylation is 2. The number of aromatic amines is 1. The molecule has 0 aliphatic rings. The lowest BCUT2D eigenvalue weighted by molar-refractivity contribution is -0.139. The standard InChI is InChI=1S/C19H21N3O2/c1-12-5-3-8-16-14(10-21-18(12)16)9-17(19(23)24)20-11-15-7-4-6-13(2)22-15/h3-8,10,17,20-21H,9,11H2,1-2H3,(H,23,24). The molecule has 24 heavy (non-hydrogen) atoms. The Morgan fingerprint density at radius 3 is 2.79 bits per heavy atom. The van der Waals surface area contributed by atoms with Gasteiger partial charge in [-0.2, -0.15) is 0 Å². The fourth-order valence-electron chi connectivity index (χ4n) is 2.93. The molecule has 0 bridgehead atoms. The number of benzene rings is 1. The molecule has 3 N–H and O–H groups in total. The Kier molecular flexibility index (Phi) is 4.62. The van der Waals surface area contributed by atoms with Crippen LogP contribution in [0.15, 0.2) is 42.6 Å². The van der Waals surface area contributed by atoms with Crippen LogP contribution in [0.2, 0.25) is 0 Å². The first-order valence-corrected chi connectivity index (χ1v) is 7.99. The third kappa shape index (κ3) is 3.46. The zero-order valence-electron chi connectivity index (χ0n) is 13.8. The minimum absolute atomic E-state index is 0.421. The first kappa shape index (κ1) is 16.2. The quantitative estimate of drug-likeness (QED) is 0.652. The number of hydrogen-bond acceptors (Lipinski definition) is 3. The van der Waals surface area contributed by atoms with Crippen LogP contribution >= 0.6 is 0 Å². The molecule has 0 aliphatic heterocycles. The number of carboxylic acids is 1. The number of hydrogen-bond donors (Lipinski definition) is 3. The predicted octanol–water partition coefficient (Wildman–Crippen LogP) is 2.97. The van der Waals surface area contributed by atoms with Crippen LogP contribution in [0.3, 0.4) is 0 Å². The maximum Gasteiger partial charge on any atom is 0.321 e. The van der Waals surface area contributed by atoms with Gasteiger partial charge in [0.05, 0.1) is 5.69 Å². The molecule has 5 heteroatoms. The van der Waals surface area contributed by atoms with E-state index in [-0.39, 0.29) is 0 Å². The summed E-state index contributed by atoms with van der Waals surface area (Å²) in [5.41, 5.74) is 5.00. The van der Waals surface area contributed by atoms with Crippen LogP contribution in [0, 0.1) is 13.8 Å². The third-order valence-corrected chi connectivity index (χ3v) is 4.21. The van der Waals surface area contributed by atoms with Crippen molar-refractivity contribution >= 4 is 16.9 Å². The van der Waals surface area contributed by atoms with E-state index >= 15 is 0 Å². The summed E-state index contributed by atoms with van der Waals surface area (Å²) in [5.74, 6) is -0.857. The number of carboxylic acid groups (broad SMARTS) is 1. The van der Waals surface area contributed by atoms with Crippen molar-refractivity contribution in [1.82, 2.24) is 15.3 Å². The van der Waals surface area contributed by atoms with Crippen molar-refractivity contribution in [1.29, 1.82) is 0 Å². The summed E-state index contributed by atoms with van der Waals surface area (Å²) < 4.78 is 0. The van der Waals surface area contributed by atoms with Crippen molar-refractivity contribution in [2.75, 3.05) is 0 Å². The topological polar surface area (TPSA) is 78.0 Å². The normalized spacial score (nSPS) is 12.4. The number of fused-ring (bicyclic) bond motifs is 1. The molecule has 0 radical (unpaired) electrons. The first-order valence-electron chi connectivity index (χ1n) is 7.99. The second-order valence-electron chi connectivity index (χ2n) is 6.06. The van der Waals surface area contributed by atoms with Crippen molar-refractivity contribution in [3.05, 3.63) is 65.1 Å². The van der Waals surface area contributed by atoms with E-state index < -0.39 is 12.0 Å². The van der Waals surface area contributed by atoms with Crippen LogP contribution in [0.1, 0.15) is 22.5 Å². The minimum Gasteiger partial charge on any atom is -0.480 e. The van der Waals surface area contributed by atoms with E-state index in [1.54, 1.807) is 0 Å². The van der Waals surface area contributed by atoms with Crippen molar-refractivity contribution in [2.24, 2.45) is 0 Å². The highest BCUT2D eigenvalue weighted by molar-refractivity contribution is 5.86. The summed E-state index contributed by atoms with van der Waals surface area (Å²) in [4.78, 5) is 19.3. The van der Waals surface area contributed by atoms with Gasteiger partial charge in [0.1, 0.15) is 6.04 Å². The molecule has 1 unspecified atom stereocenters. The number of nitrogens with one attached hydrogen (secondary N) is 2. The van der Waals surface area contributed by atoms with Crippen molar-refractivity contribution < 1.29 is 9.90 Å². The minimum atomic E-state index is -0.857. The van der Waals surface area contributed by atoms with Crippen LogP contribution in [0.5, 0.6) is 0 Å². The van der Waals surface area contributed by atoms with Crippen molar-refractivity contribution in [3.63, 3.8) is 0 Å². The van der Waals surface area contributed by atoms with E-state index in [4.69, 9.17) is 0 Å². The molecule has 1 aromatic carbocycles. The fourth-order valence-corrected chi connectivity index (χ4v) is 2.93. The number of aromatic nitrogens is 2. The maximum atomic E-state index is 11.6. The molecule has 124 valence electrons. The van der Waals surface area contributed by atoms with Crippen LogP contribution < -0.4 is 5.32 Å². The zero-order chi connectivity index (χ0) is 17.1. The lowest BCUT2D eigenvalue weighted by Crippen LogP contribution is -2.38. The number of pyridine rings is 1. The number of H-pyrrole nitrogens is 1. The molecule has 0 fully saturated rings. The molecule has 0 spiro atoms. The molecule has 1 atom stereocenters. The Hall–Kier alpha value is -2.66. The highest BCUT2D eigenvalue weighted by Gasteiger charge is 2.19. The lowest BCUT2D eigenvalue weighted by Gasteiger charge is -2.14. The average molecular weight is 323 g/mol. The van der Waals surface area contributed by atoms with Gasteiger partial charge in [-0.15, -0.1) is 0 Å². The van der Waals surface area contributed by atoms with Gasteiger partial charge in [0, 0.05) is 35.8 Å². The molecule has 3 rings (SSSR count). The van der Waals surface area contributed by atoms with Gasteiger partial charge in [0.2, 0.25) is 0 Å². The summed E-state index contributed by atoms with van der Waals surface area (Å²) in [6.45, 7) is 4.39. The molecule has 0 aliphatic carbocycles. The van der Waals surface area contributed by atoms with Crippen molar-refractivity contribution in [2.45, 2.75) is 32.9 Å². The highest BCUT2D eigenvalue weighted by Crippen LogP contribution is 2.22. The second-order valence-corrected chi connectivity index (χ2v) is 6.06. The zero-order valence-corrected chi connectivity index (χ0v) is 13.8. The van der Waals surface area contributed by atoms with Crippen LogP contribution in [0.4, 0.5) is 0 Å². The van der Waals surface area contributed by atoms with E-state index in [1.807, 2.05) is 56.4 Å². The van der Waals surface area contributed by atoms with Crippen molar-refractivity contribution in [3.8, 4) is 0 Å². The Labute approximate surface area is 140 Å². The molecule has 2 aromatic heterocycles. The van der Waals surface area contributed by atoms with E-state index in [9.17, 15) is 9.90 Å². The number of aliphatic carboxylic acids is 1. The monoisotopic (exact) mass is 323 g/mol. The van der Waals surface area contributed by atoms with E-state index in [2.05, 4.69) is 15.3 Å². The molecule has 5 nitrogen and oxygen atoms in total. The molecular formula is C19H21N3O2. The summed E-state index contributed by atoms with van der Waals surface area (Å²) >= 11 is 0. The van der Waals surface area contributed by atoms with Gasteiger partial charge in [-0.1, -0.05) is 24.3 Å². The van der Waals surface area contributed by atoms with E-state index in [1.165, 1.54) is 0 Å². The summed E-state index contributed by atoms with van der Waals surface area (Å²) in [6.07, 6.45) is 2.32. The Morgan fingerprint density at radius 1 is 1.25 bits per heavy atom. The Morgan fingerprint density at radius 2 is 2.04 bits per heavy atom. The number of para-hydroxylation sites is 1. The average Bonchev–Trinajstić information content (AvgIpc) is 2.95. The second kappa shape index (κ2) is 6.84. The maximum absolute atomic E-state index is 11.6. The molecule has 0 amide bonds. The summed E-state index contributed by atoms with van der Waals surface area (Å²) in [6, 6.07) is 11.1. The fraction of sp³-hybridized carbons (Fsp3) is 0.263. The van der Waals surface area contributed by atoms with Gasteiger partial charge in [0.25, 0.3) is 0 Å². The van der Waals surface area contributed by atoms with E-state index in [0.29, 0.717) is 13.0 Å². The Balaban J connectivity index is 1.76. The molecule has 3 aromatic rings. The predicted molar refractivity (Wildman–Crippen MR) is 94.0 cm³/mol. The SMILES string of the molecule is Cc1cccc(CNC(Cc2c[nH]c3c(C)cccc23)C(=O)O)n1. The molecule has 0 saturated heterocycles. The summed E-state index contributed by atoms with van der Waals surface area (Å²) in [5, 5.41) is 13.7. The molecule has 0 saturated carbocycles. The number of carbonyl (C=O) groups is 1.